The SMILES string of the molecule is O=C(c1ccc(Cl)cc1F)c1c[nH]c2c(Cl)cccc12. The topological polar surface area (TPSA) is 32.9 Å². The fourth-order valence-corrected chi connectivity index (χ4v) is 2.51. The van der Waals surface area contributed by atoms with Crippen molar-refractivity contribution in [2.75, 3.05) is 0 Å². The normalized spacial score (nSPS) is 10.9. The molecule has 3 aromatic rings. The van der Waals surface area contributed by atoms with Gasteiger partial charge in [-0.1, -0.05) is 35.3 Å². The summed E-state index contributed by atoms with van der Waals surface area (Å²) in [7, 11) is 0. The van der Waals surface area contributed by atoms with Crippen LogP contribution < -0.4 is 0 Å². The minimum absolute atomic E-state index is 0.0183. The van der Waals surface area contributed by atoms with Crippen molar-refractivity contribution in [3.8, 4) is 0 Å². The van der Waals surface area contributed by atoms with Crippen LogP contribution in [0.5, 0.6) is 0 Å². The number of halogens is 3. The molecule has 0 atom stereocenters. The predicted molar refractivity (Wildman–Crippen MR) is 78.2 cm³/mol. The van der Waals surface area contributed by atoms with Gasteiger partial charge in [0.2, 0.25) is 0 Å². The van der Waals surface area contributed by atoms with Gasteiger partial charge >= 0.3 is 0 Å². The number of carbonyl (C=O) groups excluding carboxylic acids is 1. The number of H-pyrrole nitrogens is 1. The molecule has 3 rings (SSSR count). The van der Waals surface area contributed by atoms with Crippen LogP contribution in [0, 0.1) is 5.82 Å². The van der Waals surface area contributed by atoms with Crippen molar-refractivity contribution in [3.05, 3.63) is 69.6 Å². The molecule has 5 heteroatoms. The van der Waals surface area contributed by atoms with Crippen LogP contribution in [0.25, 0.3) is 10.9 Å². The molecule has 0 aliphatic carbocycles. The largest absolute Gasteiger partial charge is 0.359 e. The Morgan fingerprint density at radius 2 is 1.90 bits per heavy atom. The summed E-state index contributed by atoms with van der Waals surface area (Å²) in [5.41, 5.74) is 1.02. The summed E-state index contributed by atoms with van der Waals surface area (Å²) in [6.07, 6.45) is 1.53. The first-order valence-electron chi connectivity index (χ1n) is 5.83. The highest BCUT2D eigenvalue weighted by Gasteiger charge is 2.18. The van der Waals surface area contributed by atoms with Gasteiger partial charge < -0.3 is 4.98 Å². The van der Waals surface area contributed by atoms with E-state index < -0.39 is 11.6 Å². The van der Waals surface area contributed by atoms with Crippen molar-refractivity contribution in [1.29, 1.82) is 0 Å². The first-order valence-corrected chi connectivity index (χ1v) is 6.59. The molecule has 0 amide bonds. The first kappa shape index (κ1) is 13.2. The molecule has 0 fully saturated rings. The van der Waals surface area contributed by atoms with Crippen molar-refractivity contribution in [1.82, 2.24) is 4.98 Å². The summed E-state index contributed by atoms with van der Waals surface area (Å²) in [5, 5.41) is 1.43. The summed E-state index contributed by atoms with van der Waals surface area (Å²) < 4.78 is 13.8. The molecule has 0 bridgehead atoms. The quantitative estimate of drug-likeness (QED) is 0.675. The lowest BCUT2D eigenvalue weighted by atomic mass is 10.0. The Bertz CT molecular complexity index is 826. The fraction of sp³-hybridized carbons (Fsp3) is 0. The third-order valence-electron chi connectivity index (χ3n) is 3.09. The minimum atomic E-state index is -0.640. The standard InChI is InChI=1S/C15H8Cl2FNO/c16-8-4-5-10(13(18)6-8)15(20)11-7-19-14-9(11)2-1-3-12(14)17/h1-7,19H. The van der Waals surface area contributed by atoms with Gasteiger partial charge in [-0.05, 0) is 24.3 Å². The lowest BCUT2D eigenvalue weighted by Crippen LogP contribution is -2.03. The van der Waals surface area contributed by atoms with E-state index in [1.54, 1.807) is 18.2 Å². The van der Waals surface area contributed by atoms with E-state index in [1.807, 2.05) is 0 Å². The fourth-order valence-electron chi connectivity index (χ4n) is 2.12. The van der Waals surface area contributed by atoms with E-state index in [0.29, 0.717) is 21.5 Å². The Morgan fingerprint density at radius 3 is 2.65 bits per heavy atom. The van der Waals surface area contributed by atoms with E-state index in [4.69, 9.17) is 23.2 Å². The summed E-state index contributed by atoms with van der Waals surface area (Å²) in [4.78, 5) is 15.4. The van der Waals surface area contributed by atoms with Gasteiger partial charge in [-0.2, -0.15) is 0 Å². The molecule has 0 radical (unpaired) electrons. The van der Waals surface area contributed by atoms with Gasteiger partial charge in [0.05, 0.1) is 16.1 Å². The maximum absolute atomic E-state index is 13.8. The number of fused-ring (bicyclic) bond motifs is 1. The van der Waals surface area contributed by atoms with Crippen molar-refractivity contribution < 1.29 is 9.18 Å². The van der Waals surface area contributed by atoms with Gasteiger partial charge in [-0.15, -0.1) is 0 Å². The average Bonchev–Trinajstić information content (AvgIpc) is 2.83. The van der Waals surface area contributed by atoms with Crippen molar-refractivity contribution in [2.24, 2.45) is 0 Å². The van der Waals surface area contributed by atoms with E-state index in [0.717, 1.165) is 6.07 Å². The smallest absolute Gasteiger partial charge is 0.198 e. The highest BCUT2D eigenvalue weighted by molar-refractivity contribution is 6.36. The third kappa shape index (κ3) is 2.09. The number of hydrogen-bond donors (Lipinski definition) is 1. The monoisotopic (exact) mass is 307 g/mol. The van der Waals surface area contributed by atoms with Crippen LogP contribution in [0.2, 0.25) is 10.0 Å². The second kappa shape index (κ2) is 4.93. The lowest BCUT2D eigenvalue weighted by Gasteiger charge is -2.02. The molecule has 20 heavy (non-hydrogen) atoms. The number of rotatable bonds is 2. The van der Waals surface area contributed by atoms with E-state index in [-0.39, 0.29) is 10.6 Å². The number of benzene rings is 2. The van der Waals surface area contributed by atoms with Crippen LogP contribution >= 0.6 is 23.2 Å². The summed E-state index contributed by atoms with van der Waals surface area (Å²) in [5.74, 6) is -1.05. The van der Waals surface area contributed by atoms with Crippen LogP contribution in [0.3, 0.4) is 0 Å². The first-order chi connectivity index (χ1) is 9.58. The molecule has 1 N–H and O–H groups in total. The number of aromatic amines is 1. The predicted octanol–water partition coefficient (Wildman–Crippen LogP) is 4.84. The highest BCUT2D eigenvalue weighted by atomic mass is 35.5. The third-order valence-corrected chi connectivity index (χ3v) is 3.64. The molecule has 2 aromatic carbocycles. The van der Waals surface area contributed by atoms with E-state index in [9.17, 15) is 9.18 Å². The number of para-hydroxylation sites is 1. The van der Waals surface area contributed by atoms with Crippen LogP contribution in [0.1, 0.15) is 15.9 Å². The van der Waals surface area contributed by atoms with E-state index in [1.165, 1.54) is 18.3 Å². The number of carbonyl (C=O) groups is 1. The maximum atomic E-state index is 13.8. The molecule has 100 valence electrons. The van der Waals surface area contributed by atoms with Gasteiger partial charge in [0.15, 0.2) is 5.78 Å². The zero-order valence-corrected chi connectivity index (χ0v) is 11.6. The lowest BCUT2D eigenvalue weighted by molar-refractivity contribution is 0.103. The van der Waals surface area contributed by atoms with Gasteiger partial charge in [0, 0.05) is 22.2 Å². The number of nitrogens with one attached hydrogen (secondary N) is 1. The Morgan fingerprint density at radius 1 is 1.10 bits per heavy atom. The van der Waals surface area contributed by atoms with Crippen LogP contribution in [-0.4, -0.2) is 10.8 Å². The zero-order valence-electron chi connectivity index (χ0n) is 10.1. The second-order valence-corrected chi connectivity index (χ2v) is 5.16. The Hall–Kier alpha value is -1.84. The molecule has 0 aliphatic heterocycles. The van der Waals surface area contributed by atoms with Crippen molar-refractivity contribution in [3.63, 3.8) is 0 Å². The van der Waals surface area contributed by atoms with Crippen LogP contribution in [0.4, 0.5) is 4.39 Å². The van der Waals surface area contributed by atoms with E-state index >= 15 is 0 Å². The molecule has 0 unspecified atom stereocenters. The molecule has 2 nitrogen and oxygen atoms in total. The van der Waals surface area contributed by atoms with Gasteiger partial charge in [-0.3, -0.25) is 4.79 Å². The summed E-state index contributed by atoms with van der Waals surface area (Å²) >= 11 is 11.7. The molecule has 1 aromatic heterocycles. The molecule has 0 aliphatic rings. The number of aromatic nitrogens is 1. The summed E-state index contributed by atoms with van der Waals surface area (Å²) in [6.45, 7) is 0. The molecule has 0 saturated heterocycles. The molecule has 1 heterocycles. The molecule has 0 spiro atoms. The molecule has 0 saturated carbocycles. The molecular formula is C15H8Cl2FNO. The van der Waals surface area contributed by atoms with Crippen molar-refractivity contribution in [2.45, 2.75) is 0 Å². The van der Waals surface area contributed by atoms with E-state index in [2.05, 4.69) is 4.98 Å². The van der Waals surface area contributed by atoms with Crippen LogP contribution in [-0.2, 0) is 0 Å². The van der Waals surface area contributed by atoms with Gasteiger partial charge in [-0.25, -0.2) is 4.39 Å². The Labute approximate surface area is 124 Å². The average molecular weight is 308 g/mol. The van der Waals surface area contributed by atoms with Crippen LogP contribution in [0.15, 0.2) is 42.6 Å². The molecular weight excluding hydrogens is 300 g/mol. The number of ketones is 1. The van der Waals surface area contributed by atoms with Gasteiger partial charge in [0.1, 0.15) is 5.82 Å². The van der Waals surface area contributed by atoms with Crippen molar-refractivity contribution >= 4 is 39.9 Å². The number of hydrogen-bond acceptors (Lipinski definition) is 1. The highest BCUT2D eigenvalue weighted by Crippen LogP contribution is 2.27. The second-order valence-electron chi connectivity index (χ2n) is 4.32. The maximum Gasteiger partial charge on any atom is 0.198 e. The Kier molecular flexibility index (Phi) is 3.24. The van der Waals surface area contributed by atoms with Gasteiger partial charge in [0.25, 0.3) is 0 Å². The summed E-state index contributed by atoms with van der Waals surface area (Å²) in [6, 6.07) is 9.21. The zero-order chi connectivity index (χ0) is 14.3. The minimum Gasteiger partial charge on any atom is -0.359 e. The Balaban J connectivity index is 2.16.